The minimum Gasteiger partial charge on any atom is -0.469 e. The summed E-state index contributed by atoms with van der Waals surface area (Å²) in [6.45, 7) is 2.67. The number of methoxy groups -OCH3 is 1. The first-order valence-electron chi connectivity index (χ1n) is 7.44. The summed E-state index contributed by atoms with van der Waals surface area (Å²) in [4.78, 5) is 29.8. The monoisotopic (exact) mass is 329 g/mol. The number of ether oxygens (including phenoxy) is 2. The fourth-order valence-corrected chi connectivity index (χ4v) is 1.77. The van der Waals surface area contributed by atoms with E-state index in [1.165, 1.54) is 7.11 Å². The Bertz CT molecular complexity index is 397. The van der Waals surface area contributed by atoms with Crippen molar-refractivity contribution in [3.05, 3.63) is 0 Å². The van der Waals surface area contributed by atoms with Crippen LogP contribution in [0.4, 0.5) is 0 Å². The summed E-state index contributed by atoms with van der Waals surface area (Å²) >= 11 is 0. The third-order valence-corrected chi connectivity index (χ3v) is 3.16. The Morgan fingerprint density at radius 2 is 1.91 bits per heavy atom. The number of hydrogen-bond acceptors (Lipinski definition) is 9. The minimum absolute atomic E-state index is 0.0157. The molecular weight excluding hydrogens is 308 g/mol. The molecule has 128 valence electrons. The van der Waals surface area contributed by atoms with Gasteiger partial charge in [-0.3, -0.25) is 9.59 Å². The van der Waals surface area contributed by atoms with Crippen molar-refractivity contribution in [2.45, 2.75) is 12.5 Å². The van der Waals surface area contributed by atoms with Crippen molar-refractivity contribution in [2.75, 3.05) is 46.5 Å². The van der Waals surface area contributed by atoms with Crippen LogP contribution in [0.2, 0.25) is 0 Å². The van der Waals surface area contributed by atoms with Crippen molar-refractivity contribution >= 4 is 26.0 Å². The zero-order valence-electron chi connectivity index (χ0n) is 13.1. The van der Waals surface area contributed by atoms with Gasteiger partial charge in [0.15, 0.2) is 0 Å². The van der Waals surface area contributed by atoms with Gasteiger partial charge in [-0.15, -0.1) is 0 Å². The van der Waals surface area contributed by atoms with E-state index in [0.717, 1.165) is 0 Å². The van der Waals surface area contributed by atoms with Gasteiger partial charge in [0.05, 0.1) is 52.4 Å². The number of nitrogens with two attached hydrogens (primary N) is 1. The average molecular weight is 329 g/mol. The molecule has 2 rings (SSSR count). The van der Waals surface area contributed by atoms with Crippen LogP contribution in [0.25, 0.3) is 0 Å². The Labute approximate surface area is 135 Å². The normalized spacial score (nSPS) is 17.2. The van der Waals surface area contributed by atoms with E-state index in [0.29, 0.717) is 39.4 Å². The number of rotatable bonds is 12. The lowest BCUT2D eigenvalue weighted by atomic mass is 9.81. The van der Waals surface area contributed by atoms with Crippen molar-refractivity contribution in [3.8, 4) is 0 Å². The molecule has 10 nitrogen and oxygen atoms in total. The number of nitrogens with one attached hydrogen (secondary N) is 1. The van der Waals surface area contributed by atoms with Crippen molar-refractivity contribution in [1.82, 2.24) is 10.2 Å². The number of esters is 1. The lowest BCUT2D eigenvalue weighted by molar-refractivity contribution is -0.142. The number of amides is 1. The molecule has 23 heavy (non-hydrogen) atoms. The van der Waals surface area contributed by atoms with Crippen LogP contribution in [-0.2, 0) is 33.2 Å². The van der Waals surface area contributed by atoms with Crippen molar-refractivity contribution in [3.63, 3.8) is 0 Å². The van der Waals surface area contributed by atoms with Crippen LogP contribution in [0.1, 0.15) is 6.42 Å². The molecule has 1 unspecified atom stereocenters. The van der Waals surface area contributed by atoms with Gasteiger partial charge < -0.3 is 34.7 Å². The summed E-state index contributed by atoms with van der Waals surface area (Å²) in [7, 11) is 1.21. The SMILES string of the molecule is COC(=O)CC(N)C(=O)NCCOCCON(B1CO1)B1CO1. The van der Waals surface area contributed by atoms with Crippen LogP contribution in [0.3, 0.4) is 0 Å². The standard InChI is InChI=1S/C11H21B2N3O7/c1-19-10(17)6-9(14)11(18)15-2-3-20-4-5-23-16(12-7-21-12)13-8-22-13/h9H,2-8,14H2,1H3,(H,15,18). The maximum absolute atomic E-state index is 11.6. The first kappa shape index (κ1) is 18.2. The fraction of sp³-hybridized carbons (Fsp3) is 0.818. The lowest BCUT2D eigenvalue weighted by Gasteiger charge is -2.15. The molecule has 0 aliphatic carbocycles. The Morgan fingerprint density at radius 1 is 1.26 bits per heavy atom. The van der Waals surface area contributed by atoms with Gasteiger partial charge in [-0.2, -0.15) is 0 Å². The van der Waals surface area contributed by atoms with Gasteiger partial charge >= 0.3 is 20.1 Å². The number of hydrogen-bond donors (Lipinski definition) is 2. The van der Waals surface area contributed by atoms with Crippen LogP contribution in [0.15, 0.2) is 0 Å². The largest absolute Gasteiger partial charge is 0.469 e. The smallest absolute Gasteiger partial charge is 0.422 e. The van der Waals surface area contributed by atoms with Crippen molar-refractivity contribution in [2.24, 2.45) is 5.73 Å². The zero-order chi connectivity index (χ0) is 16.7. The molecule has 0 aromatic rings. The molecular formula is C11H21B2N3O7. The van der Waals surface area contributed by atoms with Crippen LogP contribution in [-0.4, -0.2) is 83.4 Å². The summed E-state index contributed by atoms with van der Waals surface area (Å²) in [6, 6.07) is -0.920. The molecule has 3 N–H and O–H groups in total. The van der Waals surface area contributed by atoms with Crippen LogP contribution < -0.4 is 11.1 Å². The molecule has 2 aliphatic rings. The molecule has 2 aliphatic heterocycles. The quantitative estimate of drug-likeness (QED) is 0.130. The summed E-state index contributed by atoms with van der Waals surface area (Å²) in [6.07, 6.45) is -0.153. The summed E-state index contributed by atoms with van der Waals surface area (Å²) in [5.41, 5.74) is 5.55. The summed E-state index contributed by atoms with van der Waals surface area (Å²) in [5, 5.41) is 2.58. The van der Waals surface area contributed by atoms with E-state index in [4.69, 9.17) is 24.6 Å². The van der Waals surface area contributed by atoms with Crippen LogP contribution >= 0.6 is 0 Å². The topological polar surface area (TPSA) is 128 Å². The third kappa shape index (κ3) is 6.85. The molecule has 0 radical (unpaired) electrons. The lowest BCUT2D eigenvalue weighted by Crippen LogP contribution is -2.43. The van der Waals surface area contributed by atoms with Crippen molar-refractivity contribution < 1.29 is 33.2 Å². The first-order chi connectivity index (χ1) is 11.1. The second-order valence-electron chi connectivity index (χ2n) is 5.06. The molecule has 0 saturated carbocycles. The van der Waals surface area contributed by atoms with E-state index in [9.17, 15) is 9.59 Å². The Morgan fingerprint density at radius 3 is 2.48 bits per heavy atom. The zero-order valence-corrected chi connectivity index (χ0v) is 13.1. The highest BCUT2D eigenvalue weighted by Gasteiger charge is 2.51. The molecule has 0 aromatic carbocycles. The number of nitrogens with zero attached hydrogens (tertiary/aromatic N) is 1. The molecule has 2 fully saturated rings. The maximum atomic E-state index is 11.6. The Kier molecular flexibility index (Phi) is 7.27. The molecule has 2 heterocycles. The summed E-state index contributed by atoms with van der Waals surface area (Å²) < 4.78 is 20.1. The van der Waals surface area contributed by atoms with Crippen LogP contribution in [0.5, 0.6) is 0 Å². The number of carbonyl (C=O) groups excluding carboxylic acids is 2. The average Bonchev–Trinajstić information content (AvgIpc) is 3.42. The van der Waals surface area contributed by atoms with Gasteiger partial charge in [-0.1, -0.05) is 0 Å². The molecule has 1 amide bonds. The molecule has 0 spiro atoms. The van der Waals surface area contributed by atoms with E-state index in [2.05, 4.69) is 10.1 Å². The fourth-order valence-electron chi connectivity index (χ4n) is 1.77. The molecule has 1 atom stereocenters. The Hall–Kier alpha value is -1.17. The third-order valence-electron chi connectivity index (χ3n) is 3.16. The second kappa shape index (κ2) is 9.20. The van der Waals surface area contributed by atoms with E-state index in [1.54, 1.807) is 4.89 Å². The van der Waals surface area contributed by atoms with E-state index >= 15 is 0 Å². The van der Waals surface area contributed by atoms with E-state index in [-0.39, 0.29) is 20.5 Å². The van der Waals surface area contributed by atoms with Crippen LogP contribution in [0, 0.1) is 0 Å². The maximum Gasteiger partial charge on any atom is 0.422 e. The molecule has 0 aromatic heterocycles. The van der Waals surface area contributed by atoms with Gasteiger partial charge in [0, 0.05) is 6.54 Å². The van der Waals surface area contributed by atoms with Gasteiger partial charge in [0.1, 0.15) is 0 Å². The highest BCUT2D eigenvalue weighted by molar-refractivity contribution is 6.73. The van der Waals surface area contributed by atoms with Gasteiger partial charge in [0.2, 0.25) is 5.91 Å². The molecule has 12 heteroatoms. The van der Waals surface area contributed by atoms with Gasteiger partial charge in [-0.25, -0.2) is 4.89 Å². The Balaban J connectivity index is 1.44. The minimum atomic E-state index is -0.920. The van der Waals surface area contributed by atoms with Gasteiger partial charge in [-0.05, 0) is 0 Å². The predicted octanol–water partition coefficient (Wildman–Crippen LogP) is -2.64. The van der Waals surface area contributed by atoms with E-state index in [1.807, 2.05) is 0 Å². The first-order valence-corrected chi connectivity index (χ1v) is 7.44. The van der Waals surface area contributed by atoms with E-state index < -0.39 is 17.9 Å². The molecule has 0 bridgehead atoms. The highest BCUT2D eigenvalue weighted by atomic mass is 16.7. The highest BCUT2D eigenvalue weighted by Crippen LogP contribution is 2.19. The second-order valence-corrected chi connectivity index (χ2v) is 5.06. The van der Waals surface area contributed by atoms with Crippen molar-refractivity contribution in [1.29, 1.82) is 0 Å². The molecule has 2 saturated heterocycles. The number of carbonyl (C=O) groups is 2. The van der Waals surface area contributed by atoms with Gasteiger partial charge in [0.25, 0.3) is 0 Å². The predicted molar refractivity (Wildman–Crippen MR) is 79.6 cm³/mol. The summed E-state index contributed by atoms with van der Waals surface area (Å²) in [5.74, 6) is -0.942.